The van der Waals surface area contributed by atoms with E-state index in [9.17, 15) is 35.5 Å². The highest BCUT2D eigenvalue weighted by atomic mass is 19.4. The molecule has 0 aromatic heterocycles. The topological polar surface area (TPSA) is 17.1 Å². The van der Waals surface area contributed by atoms with E-state index < -0.39 is 23.8 Å². The third-order valence-corrected chi connectivity index (χ3v) is 1.25. The summed E-state index contributed by atoms with van der Waals surface area (Å²) in [6.07, 6.45) is -6.78. The molecule has 0 atom stereocenters. The quantitative estimate of drug-likeness (QED) is 0.531. The maximum Gasteiger partial charge on any atom is 0.460 e. The van der Waals surface area contributed by atoms with E-state index in [1.54, 1.807) is 0 Å². The third kappa shape index (κ3) is 1.73. The van der Waals surface area contributed by atoms with Crippen LogP contribution in [0.4, 0.5) is 30.7 Å². The minimum absolute atomic E-state index is 0.292. The lowest BCUT2D eigenvalue weighted by molar-refractivity contribution is -0.342. The van der Waals surface area contributed by atoms with Crippen LogP contribution in [0.2, 0.25) is 0 Å². The Morgan fingerprint density at radius 3 is 1.57 bits per heavy atom. The highest BCUT2D eigenvalue weighted by Crippen LogP contribution is 2.46. The van der Waals surface area contributed by atoms with Crippen LogP contribution >= 0.6 is 0 Å². The molecule has 0 aliphatic heterocycles. The molecule has 0 fully saturated rings. The van der Waals surface area contributed by atoms with E-state index in [0.717, 1.165) is 0 Å². The van der Waals surface area contributed by atoms with Gasteiger partial charge in [-0.25, -0.2) is 0 Å². The number of ketones is 1. The summed E-state index contributed by atoms with van der Waals surface area (Å²) >= 11 is 0. The van der Waals surface area contributed by atoms with Gasteiger partial charge in [0, 0.05) is 0 Å². The number of carbonyl (C=O) groups excluding carboxylic acids is 1. The molecule has 0 aliphatic carbocycles. The van der Waals surface area contributed by atoms with Crippen molar-refractivity contribution in [1.82, 2.24) is 0 Å². The smallest absolute Gasteiger partial charge is 0.288 e. The predicted octanol–water partition coefficient (Wildman–Crippen LogP) is 2.57. The molecule has 0 bridgehead atoms. The van der Waals surface area contributed by atoms with Gasteiger partial charge in [-0.05, 0) is 6.08 Å². The zero-order chi connectivity index (χ0) is 11.8. The SMILES string of the molecule is C=CC(=O)C(F)(F)C(F)(F)C(F)(F)F. The van der Waals surface area contributed by atoms with E-state index in [1.807, 2.05) is 0 Å². The predicted molar refractivity (Wildman–Crippen MR) is 31.2 cm³/mol. The Bertz CT molecular complexity index is 251. The van der Waals surface area contributed by atoms with Crippen LogP contribution in [0.25, 0.3) is 0 Å². The normalized spacial score (nSPS) is 13.9. The van der Waals surface area contributed by atoms with Crippen molar-refractivity contribution in [3.05, 3.63) is 12.7 Å². The molecule has 0 amide bonds. The largest absolute Gasteiger partial charge is 0.460 e. The summed E-state index contributed by atoms with van der Waals surface area (Å²) in [6, 6.07) is 0. The van der Waals surface area contributed by atoms with E-state index >= 15 is 0 Å². The van der Waals surface area contributed by atoms with Crippen LogP contribution in [-0.4, -0.2) is 23.8 Å². The average Bonchev–Trinajstić information content (AvgIpc) is 2.00. The van der Waals surface area contributed by atoms with Gasteiger partial charge in [-0.15, -0.1) is 0 Å². The van der Waals surface area contributed by atoms with Crippen LogP contribution in [0.3, 0.4) is 0 Å². The maximum atomic E-state index is 12.2. The highest BCUT2D eigenvalue weighted by molar-refractivity contribution is 5.96. The van der Waals surface area contributed by atoms with E-state index in [4.69, 9.17) is 0 Å². The number of halogens is 7. The summed E-state index contributed by atoms with van der Waals surface area (Å²) < 4.78 is 82.6. The lowest BCUT2D eigenvalue weighted by Gasteiger charge is -2.25. The van der Waals surface area contributed by atoms with Crippen LogP contribution in [-0.2, 0) is 4.79 Å². The Kier molecular flexibility index (Phi) is 3.00. The Labute approximate surface area is 73.2 Å². The van der Waals surface area contributed by atoms with Crippen LogP contribution < -0.4 is 0 Å². The molecule has 1 nitrogen and oxygen atoms in total. The summed E-state index contributed by atoms with van der Waals surface area (Å²) in [4.78, 5) is 10.1. The molecule has 0 rings (SSSR count). The van der Waals surface area contributed by atoms with E-state index in [-0.39, 0.29) is 6.08 Å². The monoisotopic (exact) mass is 224 g/mol. The minimum atomic E-state index is -6.49. The summed E-state index contributed by atoms with van der Waals surface area (Å²) in [7, 11) is 0. The number of hydrogen-bond acceptors (Lipinski definition) is 1. The van der Waals surface area contributed by atoms with Crippen LogP contribution in [0.15, 0.2) is 12.7 Å². The molecule has 0 aromatic rings. The highest BCUT2D eigenvalue weighted by Gasteiger charge is 2.75. The third-order valence-electron chi connectivity index (χ3n) is 1.25. The molecule has 0 aromatic carbocycles. The first kappa shape index (κ1) is 12.9. The number of alkyl halides is 7. The average molecular weight is 224 g/mol. The number of hydrogen-bond donors (Lipinski definition) is 0. The van der Waals surface area contributed by atoms with Gasteiger partial charge >= 0.3 is 18.0 Å². The molecular formula is C6H3F7O. The molecule has 0 N–H and O–H groups in total. The fraction of sp³-hybridized carbons (Fsp3) is 0.500. The van der Waals surface area contributed by atoms with Gasteiger partial charge in [0.15, 0.2) is 0 Å². The van der Waals surface area contributed by atoms with Crippen molar-refractivity contribution in [3.63, 3.8) is 0 Å². The second-order valence-electron chi connectivity index (χ2n) is 2.21. The number of carbonyl (C=O) groups is 1. The van der Waals surface area contributed by atoms with Crippen LogP contribution in [0, 0.1) is 0 Å². The Morgan fingerprint density at radius 2 is 1.36 bits per heavy atom. The van der Waals surface area contributed by atoms with Crippen molar-refractivity contribution in [2.75, 3.05) is 0 Å². The summed E-state index contributed by atoms with van der Waals surface area (Å²) in [5.41, 5.74) is 0. The van der Waals surface area contributed by atoms with Crippen LogP contribution in [0.1, 0.15) is 0 Å². The minimum Gasteiger partial charge on any atom is -0.288 e. The van der Waals surface area contributed by atoms with Gasteiger partial charge in [0.05, 0.1) is 0 Å². The molecule has 8 heteroatoms. The van der Waals surface area contributed by atoms with E-state index in [2.05, 4.69) is 6.58 Å². The molecular weight excluding hydrogens is 221 g/mol. The lowest BCUT2D eigenvalue weighted by atomic mass is 10.1. The van der Waals surface area contributed by atoms with Gasteiger partial charge in [-0.2, -0.15) is 30.7 Å². The molecule has 0 saturated heterocycles. The molecule has 0 spiro atoms. The van der Waals surface area contributed by atoms with Gasteiger partial charge in [-0.1, -0.05) is 6.58 Å². The van der Waals surface area contributed by atoms with Crippen molar-refractivity contribution >= 4 is 5.78 Å². The van der Waals surface area contributed by atoms with E-state index in [0.29, 0.717) is 0 Å². The standard InChI is InChI=1S/C6H3F7O/c1-2-3(14)4(7,8)5(9,10)6(11,12)13/h2H,1H2. The van der Waals surface area contributed by atoms with Crippen molar-refractivity contribution in [2.45, 2.75) is 18.0 Å². The van der Waals surface area contributed by atoms with Gasteiger partial charge < -0.3 is 0 Å². The Hall–Kier alpha value is -1.08. The number of rotatable bonds is 3. The molecule has 0 aliphatic rings. The molecule has 0 saturated carbocycles. The summed E-state index contributed by atoms with van der Waals surface area (Å²) in [6.45, 7) is 2.39. The Morgan fingerprint density at radius 1 is 1.00 bits per heavy atom. The molecule has 0 radical (unpaired) electrons. The van der Waals surface area contributed by atoms with Crippen molar-refractivity contribution in [2.24, 2.45) is 0 Å². The molecule has 14 heavy (non-hydrogen) atoms. The zero-order valence-electron chi connectivity index (χ0n) is 6.34. The first-order valence-electron chi connectivity index (χ1n) is 2.97. The first-order chi connectivity index (χ1) is 5.98. The van der Waals surface area contributed by atoms with E-state index in [1.165, 1.54) is 0 Å². The van der Waals surface area contributed by atoms with Gasteiger partial charge in [0.2, 0.25) is 5.78 Å². The van der Waals surface area contributed by atoms with Crippen molar-refractivity contribution in [3.8, 4) is 0 Å². The second-order valence-corrected chi connectivity index (χ2v) is 2.21. The fourth-order valence-corrected chi connectivity index (χ4v) is 0.461. The molecule has 0 unspecified atom stereocenters. The number of allylic oxidation sites excluding steroid dienone is 1. The van der Waals surface area contributed by atoms with Gasteiger partial charge in [0.1, 0.15) is 0 Å². The summed E-state index contributed by atoms with van der Waals surface area (Å²) in [5, 5.41) is 0. The van der Waals surface area contributed by atoms with Crippen molar-refractivity contribution < 1.29 is 35.5 Å². The molecule has 0 heterocycles. The maximum absolute atomic E-state index is 12.2. The van der Waals surface area contributed by atoms with Gasteiger partial charge in [-0.3, -0.25) is 4.79 Å². The summed E-state index contributed by atoms with van der Waals surface area (Å²) in [5.74, 6) is -14.9. The Balaban J connectivity index is 5.28. The second kappa shape index (κ2) is 3.25. The fourth-order valence-electron chi connectivity index (χ4n) is 0.461. The van der Waals surface area contributed by atoms with Gasteiger partial charge in [0.25, 0.3) is 0 Å². The lowest BCUT2D eigenvalue weighted by Crippen LogP contribution is -2.55. The first-order valence-corrected chi connectivity index (χ1v) is 2.97. The molecule has 82 valence electrons. The van der Waals surface area contributed by atoms with Crippen LogP contribution in [0.5, 0.6) is 0 Å². The van der Waals surface area contributed by atoms with Crippen molar-refractivity contribution in [1.29, 1.82) is 0 Å². The zero-order valence-corrected chi connectivity index (χ0v) is 6.34.